The highest BCUT2D eigenvalue weighted by Gasteiger charge is 1.96. The fraction of sp³-hybridized carbons (Fsp3) is 0.182. The van der Waals surface area contributed by atoms with E-state index in [-0.39, 0.29) is 0 Å². The fourth-order valence-corrected chi connectivity index (χ4v) is 1.18. The van der Waals surface area contributed by atoms with E-state index in [4.69, 9.17) is 17.3 Å². The summed E-state index contributed by atoms with van der Waals surface area (Å²) in [5.74, 6) is 0. The lowest BCUT2D eigenvalue weighted by molar-refractivity contribution is 1.04. The summed E-state index contributed by atoms with van der Waals surface area (Å²) in [5, 5.41) is 0.751. The van der Waals surface area contributed by atoms with E-state index in [9.17, 15) is 0 Å². The third-order valence-corrected chi connectivity index (χ3v) is 2.08. The molecule has 0 saturated heterocycles. The molecule has 13 heavy (non-hydrogen) atoms. The van der Waals surface area contributed by atoms with Crippen LogP contribution in [0.4, 0.5) is 0 Å². The summed E-state index contributed by atoms with van der Waals surface area (Å²) < 4.78 is 0. The molecule has 0 bridgehead atoms. The minimum absolute atomic E-state index is 0.506. The number of benzene rings is 1. The average molecular weight is 194 g/mol. The lowest BCUT2D eigenvalue weighted by atomic mass is 10.1. The van der Waals surface area contributed by atoms with Crippen molar-refractivity contribution in [3.05, 3.63) is 52.7 Å². The van der Waals surface area contributed by atoms with Crippen molar-refractivity contribution in [3.8, 4) is 0 Å². The fourth-order valence-electron chi connectivity index (χ4n) is 1.06. The predicted molar refractivity (Wildman–Crippen MR) is 56.9 cm³/mol. The van der Waals surface area contributed by atoms with Crippen molar-refractivity contribution in [1.82, 2.24) is 0 Å². The van der Waals surface area contributed by atoms with Gasteiger partial charge in [0.05, 0.1) is 0 Å². The standard InChI is InChI=1S/C11H12ClN/c1-2-9(8-13)7-10-3-5-11(12)6-4-10/h3-6H,1,7-8,13H2. The average Bonchev–Trinajstić information content (AvgIpc) is 2.17. The molecule has 0 heterocycles. The van der Waals surface area contributed by atoms with Crippen LogP contribution in [-0.2, 0) is 6.42 Å². The molecule has 1 aromatic rings. The van der Waals surface area contributed by atoms with E-state index in [2.05, 4.69) is 12.3 Å². The summed E-state index contributed by atoms with van der Waals surface area (Å²) >= 11 is 5.76. The molecule has 1 nitrogen and oxygen atoms in total. The van der Waals surface area contributed by atoms with Gasteiger partial charge in [-0.25, -0.2) is 0 Å². The first-order valence-corrected chi connectivity index (χ1v) is 4.46. The number of hydrogen-bond donors (Lipinski definition) is 1. The molecule has 1 rings (SSSR count). The SMILES string of the molecule is C=C=C(CN)Cc1ccc(Cl)cc1. The second-order valence-corrected chi connectivity index (χ2v) is 3.22. The topological polar surface area (TPSA) is 26.0 Å². The Labute approximate surface area is 83.5 Å². The summed E-state index contributed by atoms with van der Waals surface area (Å²) in [6.45, 7) is 4.08. The van der Waals surface area contributed by atoms with Gasteiger partial charge < -0.3 is 5.73 Å². The van der Waals surface area contributed by atoms with Crippen LogP contribution in [-0.4, -0.2) is 6.54 Å². The van der Waals surface area contributed by atoms with Crippen LogP contribution in [0.5, 0.6) is 0 Å². The Morgan fingerprint density at radius 2 is 2.00 bits per heavy atom. The van der Waals surface area contributed by atoms with E-state index < -0.39 is 0 Å². The van der Waals surface area contributed by atoms with Gasteiger partial charge in [0, 0.05) is 18.0 Å². The first kappa shape index (κ1) is 10.1. The quantitative estimate of drug-likeness (QED) is 0.734. The largest absolute Gasteiger partial charge is 0.326 e. The Kier molecular flexibility index (Phi) is 3.78. The molecule has 0 atom stereocenters. The van der Waals surface area contributed by atoms with Crippen LogP contribution >= 0.6 is 11.6 Å². The molecule has 0 amide bonds. The maximum atomic E-state index is 5.76. The van der Waals surface area contributed by atoms with Gasteiger partial charge in [-0.05, 0) is 23.3 Å². The highest BCUT2D eigenvalue weighted by Crippen LogP contribution is 2.11. The Bertz CT molecular complexity index is 320. The minimum Gasteiger partial charge on any atom is -0.326 e. The molecule has 0 unspecified atom stereocenters. The van der Waals surface area contributed by atoms with Gasteiger partial charge in [0.2, 0.25) is 0 Å². The van der Waals surface area contributed by atoms with Crippen molar-refractivity contribution in [2.45, 2.75) is 6.42 Å². The molecule has 0 aliphatic heterocycles. The van der Waals surface area contributed by atoms with Crippen molar-refractivity contribution >= 4 is 11.6 Å². The van der Waals surface area contributed by atoms with Gasteiger partial charge in [0.1, 0.15) is 0 Å². The van der Waals surface area contributed by atoms with Gasteiger partial charge in [0.15, 0.2) is 0 Å². The van der Waals surface area contributed by atoms with Crippen molar-refractivity contribution < 1.29 is 0 Å². The van der Waals surface area contributed by atoms with Crippen molar-refractivity contribution in [1.29, 1.82) is 0 Å². The van der Waals surface area contributed by atoms with Gasteiger partial charge in [-0.2, -0.15) is 0 Å². The van der Waals surface area contributed by atoms with E-state index in [1.165, 1.54) is 5.56 Å². The Hall–Kier alpha value is -1.01. The molecule has 0 aliphatic carbocycles. The monoisotopic (exact) mass is 193 g/mol. The van der Waals surface area contributed by atoms with Gasteiger partial charge in [-0.3, -0.25) is 0 Å². The van der Waals surface area contributed by atoms with Gasteiger partial charge in [-0.1, -0.05) is 30.3 Å². The van der Waals surface area contributed by atoms with Crippen molar-refractivity contribution in [2.75, 3.05) is 6.54 Å². The molecule has 0 saturated carbocycles. The van der Waals surface area contributed by atoms with Gasteiger partial charge in [0.25, 0.3) is 0 Å². The third-order valence-electron chi connectivity index (χ3n) is 1.83. The summed E-state index contributed by atoms with van der Waals surface area (Å²) in [6.07, 6.45) is 0.803. The van der Waals surface area contributed by atoms with Crippen molar-refractivity contribution in [2.24, 2.45) is 5.73 Å². The predicted octanol–water partition coefficient (Wildman–Crippen LogP) is 2.55. The van der Waals surface area contributed by atoms with E-state index in [1.807, 2.05) is 24.3 Å². The molecular weight excluding hydrogens is 182 g/mol. The maximum Gasteiger partial charge on any atom is 0.0406 e. The zero-order chi connectivity index (χ0) is 9.68. The number of rotatable bonds is 3. The molecule has 0 radical (unpaired) electrons. The van der Waals surface area contributed by atoms with Crippen LogP contribution < -0.4 is 5.73 Å². The Morgan fingerprint density at radius 1 is 1.38 bits per heavy atom. The van der Waals surface area contributed by atoms with Crippen LogP contribution in [0.2, 0.25) is 5.02 Å². The lowest BCUT2D eigenvalue weighted by Gasteiger charge is -2.01. The first-order valence-electron chi connectivity index (χ1n) is 4.08. The first-order chi connectivity index (χ1) is 6.26. The Morgan fingerprint density at radius 3 is 2.46 bits per heavy atom. The van der Waals surface area contributed by atoms with Crippen LogP contribution in [0.25, 0.3) is 0 Å². The molecule has 2 N–H and O–H groups in total. The molecule has 2 heteroatoms. The van der Waals surface area contributed by atoms with E-state index in [0.717, 1.165) is 17.0 Å². The zero-order valence-electron chi connectivity index (χ0n) is 7.39. The molecule has 0 spiro atoms. The van der Waals surface area contributed by atoms with Crippen LogP contribution in [0, 0.1) is 0 Å². The molecule has 0 aliphatic rings. The summed E-state index contributed by atoms with van der Waals surface area (Å²) in [6, 6.07) is 7.70. The highest BCUT2D eigenvalue weighted by atomic mass is 35.5. The van der Waals surface area contributed by atoms with E-state index in [0.29, 0.717) is 6.54 Å². The lowest BCUT2D eigenvalue weighted by Crippen LogP contribution is -2.04. The maximum absolute atomic E-state index is 5.76. The summed E-state index contributed by atoms with van der Waals surface area (Å²) in [7, 11) is 0. The third kappa shape index (κ3) is 3.08. The van der Waals surface area contributed by atoms with Gasteiger partial charge >= 0.3 is 0 Å². The van der Waals surface area contributed by atoms with Crippen molar-refractivity contribution in [3.63, 3.8) is 0 Å². The number of nitrogens with two attached hydrogens (primary N) is 1. The van der Waals surface area contributed by atoms with Crippen LogP contribution in [0.1, 0.15) is 5.56 Å². The normalized spacial score (nSPS) is 9.38. The molecule has 1 aromatic carbocycles. The molecular formula is C11H12ClN. The van der Waals surface area contributed by atoms with Crippen LogP contribution in [0.15, 0.2) is 42.1 Å². The number of hydrogen-bond acceptors (Lipinski definition) is 1. The minimum atomic E-state index is 0.506. The second-order valence-electron chi connectivity index (χ2n) is 2.79. The smallest absolute Gasteiger partial charge is 0.0406 e. The molecule has 0 fully saturated rings. The second kappa shape index (κ2) is 4.88. The van der Waals surface area contributed by atoms with Gasteiger partial charge in [-0.15, -0.1) is 5.73 Å². The van der Waals surface area contributed by atoms with Crippen LogP contribution in [0.3, 0.4) is 0 Å². The Balaban J connectivity index is 2.75. The van der Waals surface area contributed by atoms with E-state index >= 15 is 0 Å². The molecule has 0 aromatic heterocycles. The highest BCUT2D eigenvalue weighted by molar-refractivity contribution is 6.30. The number of halogens is 1. The summed E-state index contributed by atoms with van der Waals surface area (Å²) in [5.41, 5.74) is 10.5. The zero-order valence-corrected chi connectivity index (χ0v) is 8.14. The summed E-state index contributed by atoms with van der Waals surface area (Å²) in [4.78, 5) is 0. The van der Waals surface area contributed by atoms with E-state index in [1.54, 1.807) is 0 Å². The molecule has 68 valence electrons.